The number of alkyl halides is 5. The molecule has 1 aromatic heterocycles. The Labute approximate surface area is 86.8 Å². The van der Waals surface area contributed by atoms with Crippen molar-refractivity contribution in [1.82, 2.24) is 4.98 Å². The summed E-state index contributed by atoms with van der Waals surface area (Å²) in [7, 11) is 1.00. The van der Waals surface area contributed by atoms with Gasteiger partial charge in [-0.3, -0.25) is 0 Å². The fourth-order valence-electron chi connectivity index (χ4n) is 0.979. The topological polar surface area (TPSA) is 31.4 Å². The van der Waals surface area contributed by atoms with Gasteiger partial charge in [-0.05, 0) is 6.07 Å². The van der Waals surface area contributed by atoms with E-state index in [4.69, 9.17) is 0 Å². The van der Waals surface area contributed by atoms with Gasteiger partial charge in [0.2, 0.25) is 0 Å². The van der Waals surface area contributed by atoms with Gasteiger partial charge in [0.05, 0.1) is 12.7 Å². The van der Waals surface area contributed by atoms with Gasteiger partial charge >= 0.3 is 6.36 Å². The van der Waals surface area contributed by atoms with E-state index in [1.807, 2.05) is 0 Å². The zero-order valence-corrected chi connectivity index (χ0v) is 7.89. The van der Waals surface area contributed by atoms with Gasteiger partial charge in [0, 0.05) is 6.20 Å². The van der Waals surface area contributed by atoms with Gasteiger partial charge in [-0.2, -0.15) is 0 Å². The quantitative estimate of drug-likeness (QED) is 0.765. The Kier molecular flexibility index (Phi) is 3.51. The molecule has 1 rings (SSSR count). The molecular formula is C8H6F5NO2. The predicted molar refractivity (Wildman–Crippen MR) is 42.4 cm³/mol. The van der Waals surface area contributed by atoms with Crippen molar-refractivity contribution in [3.8, 4) is 11.6 Å². The van der Waals surface area contributed by atoms with Crippen molar-refractivity contribution < 1.29 is 31.4 Å². The standard InChI is InChI=1S/C8H6F5NO2/c1-15-7-5(16-8(11,12)13)4(6(9)10)2-3-14-7/h2-3,6H,1H3. The van der Waals surface area contributed by atoms with Crippen LogP contribution in [0.3, 0.4) is 0 Å². The Morgan fingerprint density at radius 3 is 2.38 bits per heavy atom. The van der Waals surface area contributed by atoms with E-state index < -0.39 is 30.0 Å². The summed E-state index contributed by atoms with van der Waals surface area (Å²) in [6, 6.07) is 0.730. The Morgan fingerprint density at radius 2 is 1.94 bits per heavy atom. The van der Waals surface area contributed by atoms with Crippen LogP contribution in [0.2, 0.25) is 0 Å². The summed E-state index contributed by atoms with van der Waals surface area (Å²) in [5, 5.41) is 0. The maximum Gasteiger partial charge on any atom is 0.573 e. The Hall–Kier alpha value is -1.60. The minimum Gasteiger partial charge on any atom is -0.478 e. The number of ether oxygens (including phenoxy) is 2. The molecule has 0 amide bonds. The lowest BCUT2D eigenvalue weighted by atomic mass is 10.2. The van der Waals surface area contributed by atoms with Crippen molar-refractivity contribution >= 4 is 0 Å². The van der Waals surface area contributed by atoms with Gasteiger partial charge in [-0.1, -0.05) is 0 Å². The average molecular weight is 243 g/mol. The zero-order valence-electron chi connectivity index (χ0n) is 7.89. The van der Waals surface area contributed by atoms with E-state index in [9.17, 15) is 22.0 Å². The van der Waals surface area contributed by atoms with Crippen LogP contribution < -0.4 is 9.47 Å². The van der Waals surface area contributed by atoms with E-state index in [1.54, 1.807) is 0 Å². The number of hydrogen-bond acceptors (Lipinski definition) is 3. The van der Waals surface area contributed by atoms with Gasteiger partial charge in [-0.15, -0.1) is 13.2 Å². The molecule has 0 aliphatic carbocycles. The van der Waals surface area contributed by atoms with Gasteiger partial charge in [-0.25, -0.2) is 13.8 Å². The molecule has 8 heteroatoms. The second kappa shape index (κ2) is 4.50. The highest BCUT2D eigenvalue weighted by molar-refractivity contribution is 5.42. The van der Waals surface area contributed by atoms with E-state index in [-0.39, 0.29) is 0 Å². The van der Waals surface area contributed by atoms with Gasteiger partial charge < -0.3 is 9.47 Å². The summed E-state index contributed by atoms with van der Waals surface area (Å²) in [4.78, 5) is 3.34. The third kappa shape index (κ3) is 2.94. The summed E-state index contributed by atoms with van der Waals surface area (Å²) in [6.45, 7) is 0. The molecule has 1 heterocycles. The minimum atomic E-state index is -5.08. The van der Waals surface area contributed by atoms with Crippen LogP contribution in [0.5, 0.6) is 11.6 Å². The van der Waals surface area contributed by atoms with Crippen LogP contribution in [0.15, 0.2) is 12.3 Å². The summed E-state index contributed by atoms with van der Waals surface area (Å²) in [5.74, 6) is -1.76. The molecule has 0 radical (unpaired) electrons. The maximum atomic E-state index is 12.4. The van der Waals surface area contributed by atoms with Crippen molar-refractivity contribution in [2.75, 3.05) is 7.11 Å². The Balaban J connectivity index is 3.20. The number of methoxy groups -OCH3 is 1. The summed E-state index contributed by atoms with van der Waals surface area (Å²) < 4.78 is 68.5. The van der Waals surface area contributed by atoms with Crippen LogP contribution in [0.1, 0.15) is 12.0 Å². The van der Waals surface area contributed by atoms with Crippen LogP contribution in [0.4, 0.5) is 22.0 Å². The first-order valence-corrected chi connectivity index (χ1v) is 3.92. The molecule has 0 fully saturated rings. The molecule has 0 aliphatic rings. The fraction of sp³-hybridized carbons (Fsp3) is 0.375. The number of halogens is 5. The number of pyridine rings is 1. The largest absolute Gasteiger partial charge is 0.573 e. The van der Waals surface area contributed by atoms with E-state index in [0.29, 0.717) is 0 Å². The lowest BCUT2D eigenvalue weighted by Gasteiger charge is -2.14. The fourth-order valence-corrected chi connectivity index (χ4v) is 0.979. The van der Waals surface area contributed by atoms with Gasteiger partial charge in [0.1, 0.15) is 0 Å². The van der Waals surface area contributed by atoms with Crippen LogP contribution in [0, 0.1) is 0 Å². The SMILES string of the molecule is COc1nccc(C(F)F)c1OC(F)(F)F. The van der Waals surface area contributed by atoms with Crippen LogP contribution in [-0.4, -0.2) is 18.5 Å². The van der Waals surface area contributed by atoms with E-state index >= 15 is 0 Å². The highest BCUT2D eigenvalue weighted by Gasteiger charge is 2.35. The van der Waals surface area contributed by atoms with Crippen molar-refractivity contribution in [2.24, 2.45) is 0 Å². The molecule has 0 saturated heterocycles. The first-order chi connectivity index (χ1) is 7.35. The van der Waals surface area contributed by atoms with Crippen LogP contribution >= 0.6 is 0 Å². The van der Waals surface area contributed by atoms with Crippen LogP contribution in [0.25, 0.3) is 0 Å². The molecule has 0 spiro atoms. The first kappa shape index (κ1) is 12.5. The monoisotopic (exact) mass is 243 g/mol. The predicted octanol–water partition coefficient (Wildman–Crippen LogP) is 2.93. The number of aromatic nitrogens is 1. The molecule has 0 unspecified atom stereocenters. The molecule has 0 aliphatic heterocycles. The Bertz CT molecular complexity index is 366. The third-order valence-electron chi connectivity index (χ3n) is 1.55. The second-order valence-corrected chi connectivity index (χ2v) is 2.59. The molecule has 3 nitrogen and oxygen atoms in total. The summed E-state index contributed by atoms with van der Waals surface area (Å²) in [5.41, 5.74) is -0.927. The number of nitrogens with zero attached hydrogens (tertiary/aromatic N) is 1. The highest BCUT2D eigenvalue weighted by Crippen LogP contribution is 2.38. The second-order valence-electron chi connectivity index (χ2n) is 2.59. The van der Waals surface area contributed by atoms with E-state index in [1.165, 1.54) is 0 Å². The minimum absolute atomic E-state index is 0.643. The van der Waals surface area contributed by atoms with E-state index in [0.717, 1.165) is 19.4 Å². The first-order valence-electron chi connectivity index (χ1n) is 3.92. The number of rotatable bonds is 3. The maximum absolute atomic E-state index is 12.4. The molecule has 0 atom stereocenters. The normalized spacial score (nSPS) is 11.7. The van der Waals surface area contributed by atoms with Crippen molar-refractivity contribution in [3.63, 3.8) is 0 Å². The molecule has 0 aromatic carbocycles. The van der Waals surface area contributed by atoms with Crippen molar-refractivity contribution in [2.45, 2.75) is 12.8 Å². The Morgan fingerprint density at radius 1 is 1.31 bits per heavy atom. The van der Waals surface area contributed by atoms with Crippen molar-refractivity contribution in [3.05, 3.63) is 17.8 Å². The average Bonchev–Trinajstić information content (AvgIpc) is 2.15. The smallest absolute Gasteiger partial charge is 0.478 e. The molecule has 0 N–H and O–H groups in total. The van der Waals surface area contributed by atoms with Gasteiger partial charge in [0.25, 0.3) is 12.3 Å². The molecular weight excluding hydrogens is 237 g/mol. The molecule has 16 heavy (non-hydrogen) atoms. The third-order valence-corrected chi connectivity index (χ3v) is 1.55. The molecule has 90 valence electrons. The molecule has 0 saturated carbocycles. The van der Waals surface area contributed by atoms with Crippen LogP contribution in [-0.2, 0) is 0 Å². The zero-order chi connectivity index (χ0) is 12.3. The highest BCUT2D eigenvalue weighted by atomic mass is 19.4. The lowest BCUT2D eigenvalue weighted by molar-refractivity contribution is -0.275. The molecule has 1 aromatic rings. The molecule has 0 bridgehead atoms. The van der Waals surface area contributed by atoms with Crippen molar-refractivity contribution in [1.29, 1.82) is 0 Å². The summed E-state index contributed by atoms with van der Waals surface area (Å²) >= 11 is 0. The van der Waals surface area contributed by atoms with E-state index in [2.05, 4.69) is 14.5 Å². The number of hydrogen-bond donors (Lipinski definition) is 0. The summed E-state index contributed by atoms with van der Waals surface area (Å²) in [6.07, 6.45) is -7.29. The lowest BCUT2D eigenvalue weighted by Crippen LogP contribution is -2.19. The van der Waals surface area contributed by atoms with Gasteiger partial charge in [0.15, 0.2) is 5.75 Å².